The maximum atomic E-state index is 12.3. The predicted molar refractivity (Wildman–Crippen MR) is 95.6 cm³/mol. The number of benzene rings is 1. The number of esters is 1. The van der Waals surface area contributed by atoms with E-state index in [-0.39, 0.29) is 29.6 Å². The third kappa shape index (κ3) is 4.49. The van der Waals surface area contributed by atoms with E-state index < -0.39 is 12.6 Å². The Morgan fingerprint density at radius 3 is 1.92 bits per heavy atom. The van der Waals surface area contributed by atoms with Crippen molar-refractivity contribution in [2.45, 2.75) is 71.6 Å². The first kappa shape index (κ1) is 20.5. The van der Waals surface area contributed by atoms with E-state index in [0.717, 1.165) is 24.0 Å². The Hall–Kier alpha value is -1.58. The minimum absolute atomic E-state index is 0.0647. The molecule has 24 heavy (non-hydrogen) atoms. The van der Waals surface area contributed by atoms with E-state index in [2.05, 4.69) is 13.8 Å². The highest BCUT2D eigenvalue weighted by Gasteiger charge is 2.30. The normalized spacial score (nSPS) is 12.3. The standard InChI is InChI=1S/C20H31FO3/c1-7-19(3,4)15-12-14(18(23)24-11-9-10-21)13-16(17(15)22)20(5,6)8-2/h12-13,22H,7-11H2,1-6H3. The number of ether oxygens (including phenoxy) is 1. The van der Waals surface area contributed by atoms with Crippen molar-refractivity contribution >= 4 is 5.97 Å². The molecule has 4 heteroatoms. The highest BCUT2D eigenvalue weighted by Crippen LogP contribution is 2.42. The van der Waals surface area contributed by atoms with Crippen LogP contribution in [0, 0.1) is 0 Å². The van der Waals surface area contributed by atoms with Gasteiger partial charge in [-0.25, -0.2) is 4.79 Å². The molecule has 3 nitrogen and oxygen atoms in total. The topological polar surface area (TPSA) is 46.5 Å². The molecule has 1 rings (SSSR count). The lowest BCUT2D eigenvalue weighted by Gasteiger charge is -2.31. The molecule has 0 aliphatic rings. The fourth-order valence-electron chi connectivity index (χ4n) is 2.47. The number of phenolic OH excluding ortho intramolecular Hbond substituents is 1. The quantitative estimate of drug-likeness (QED) is 0.518. The first-order valence-electron chi connectivity index (χ1n) is 8.71. The van der Waals surface area contributed by atoms with Crippen molar-refractivity contribution in [2.75, 3.05) is 13.3 Å². The Balaban J connectivity index is 3.43. The molecule has 0 spiro atoms. The van der Waals surface area contributed by atoms with E-state index in [9.17, 15) is 14.3 Å². The molecule has 1 aromatic rings. The van der Waals surface area contributed by atoms with Gasteiger partial charge in [-0.3, -0.25) is 4.39 Å². The maximum Gasteiger partial charge on any atom is 0.338 e. The lowest BCUT2D eigenvalue weighted by Crippen LogP contribution is -2.22. The fraction of sp³-hybridized carbons (Fsp3) is 0.650. The van der Waals surface area contributed by atoms with Crippen LogP contribution in [0.1, 0.15) is 82.3 Å². The monoisotopic (exact) mass is 338 g/mol. The highest BCUT2D eigenvalue weighted by atomic mass is 19.1. The van der Waals surface area contributed by atoms with Gasteiger partial charge in [0.15, 0.2) is 0 Å². The van der Waals surface area contributed by atoms with Gasteiger partial charge in [-0.1, -0.05) is 41.5 Å². The SMILES string of the molecule is CCC(C)(C)c1cc(C(=O)OCCCF)cc(C(C)(C)CC)c1O. The third-order valence-electron chi connectivity index (χ3n) is 5.08. The molecule has 136 valence electrons. The Kier molecular flexibility index (Phi) is 6.82. The average molecular weight is 338 g/mol. The van der Waals surface area contributed by atoms with E-state index >= 15 is 0 Å². The molecule has 0 aliphatic heterocycles. The lowest BCUT2D eigenvalue weighted by atomic mass is 9.75. The summed E-state index contributed by atoms with van der Waals surface area (Å²) in [6.07, 6.45) is 1.85. The van der Waals surface area contributed by atoms with Crippen LogP contribution in [0.25, 0.3) is 0 Å². The van der Waals surface area contributed by atoms with Gasteiger partial charge in [-0.15, -0.1) is 0 Å². The molecule has 0 aromatic heterocycles. The van der Waals surface area contributed by atoms with Crippen LogP contribution in [0.3, 0.4) is 0 Å². The molecule has 0 radical (unpaired) electrons. The van der Waals surface area contributed by atoms with Crippen molar-refractivity contribution in [1.82, 2.24) is 0 Å². The number of hydrogen-bond acceptors (Lipinski definition) is 3. The Morgan fingerprint density at radius 1 is 1.08 bits per heavy atom. The number of phenols is 1. The second-order valence-electron chi connectivity index (χ2n) is 7.57. The molecule has 0 amide bonds. The lowest BCUT2D eigenvalue weighted by molar-refractivity contribution is 0.0493. The number of aromatic hydroxyl groups is 1. The summed E-state index contributed by atoms with van der Waals surface area (Å²) in [5, 5.41) is 10.8. The summed E-state index contributed by atoms with van der Waals surface area (Å²) >= 11 is 0. The van der Waals surface area contributed by atoms with E-state index in [0.29, 0.717) is 5.56 Å². The maximum absolute atomic E-state index is 12.3. The van der Waals surface area contributed by atoms with Crippen molar-refractivity contribution < 1.29 is 19.0 Å². The molecular weight excluding hydrogens is 307 g/mol. The number of carbonyl (C=O) groups is 1. The largest absolute Gasteiger partial charge is 0.507 e. The van der Waals surface area contributed by atoms with Crippen LogP contribution in [0.2, 0.25) is 0 Å². The summed E-state index contributed by atoms with van der Waals surface area (Å²) < 4.78 is 17.4. The molecule has 0 unspecified atom stereocenters. The van der Waals surface area contributed by atoms with Crippen LogP contribution < -0.4 is 0 Å². The molecule has 0 heterocycles. The molecule has 0 aliphatic carbocycles. The van der Waals surface area contributed by atoms with Crippen molar-refractivity contribution in [3.05, 3.63) is 28.8 Å². The number of alkyl halides is 1. The van der Waals surface area contributed by atoms with E-state index in [1.54, 1.807) is 12.1 Å². The molecule has 1 N–H and O–H groups in total. The van der Waals surface area contributed by atoms with E-state index in [1.165, 1.54) is 0 Å². The van der Waals surface area contributed by atoms with Crippen LogP contribution in [0.4, 0.5) is 4.39 Å². The summed E-state index contributed by atoms with van der Waals surface area (Å²) in [5.41, 5.74) is 1.39. The van der Waals surface area contributed by atoms with Gasteiger partial charge in [0, 0.05) is 17.5 Å². The van der Waals surface area contributed by atoms with Crippen molar-refractivity contribution in [2.24, 2.45) is 0 Å². The number of hydrogen-bond donors (Lipinski definition) is 1. The highest BCUT2D eigenvalue weighted by molar-refractivity contribution is 5.90. The summed E-state index contributed by atoms with van der Waals surface area (Å²) in [7, 11) is 0. The molecule has 0 saturated carbocycles. The van der Waals surface area contributed by atoms with Crippen LogP contribution in [-0.4, -0.2) is 24.4 Å². The third-order valence-corrected chi connectivity index (χ3v) is 5.08. The van der Waals surface area contributed by atoms with Crippen molar-refractivity contribution in [3.63, 3.8) is 0 Å². The molecule has 0 bridgehead atoms. The minimum atomic E-state index is -0.509. The predicted octanol–water partition coefficient (Wildman–Crippen LogP) is 5.28. The Morgan fingerprint density at radius 2 is 1.54 bits per heavy atom. The number of rotatable bonds is 8. The fourth-order valence-corrected chi connectivity index (χ4v) is 2.47. The van der Waals surface area contributed by atoms with Gasteiger partial charge in [0.25, 0.3) is 0 Å². The summed E-state index contributed by atoms with van der Waals surface area (Å²) in [6.45, 7) is 11.8. The summed E-state index contributed by atoms with van der Waals surface area (Å²) in [4.78, 5) is 12.3. The van der Waals surface area contributed by atoms with Gasteiger partial charge in [0.2, 0.25) is 0 Å². The van der Waals surface area contributed by atoms with E-state index in [1.807, 2.05) is 27.7 Å². The van der Waals surface area contributed by atoms with Crippen LogP contribution >= 0.6 is 0 Å². The van der Waals surface area contributed by atoms with Gasteiger partial charge < -0.3 is 9.84 Å². The molecule has 0 fully saturated rings. The average Bonchev–Trinajstić information content (AvgIpc) is 2.54. The van der Waals surface area contributed by atoms with E-state index in [4.69, 9.17) is 4.74 Å². The van der Waals surface area contributed by atoms with Gasteiger partial charge >= 0.3 is 5.97 Å². The van der Waals surface area contributed by atoms with Gasteiger partial charge in [0.05, 0.1) is 18.8 Å². The van der Waals surface area contributed by atoms with Crippen molar-refractivity contribution in [3.8, 4) is 5.75 Å². The zero-order valence-electron chi connectivity index (χ0n) is 15.8. The van der Waals surface area contributed by atoms with Crippen LogP contribution in [-0.2, 0) is 15.6 Å². The number of halogens is 1. The number of carbonyl (C=O) groups excluding carboxylic acids is 1. The van der Waals surface area contributed by atoms with Gasteiger partial charge in [-0.2, -0.15) is 0 Å². The van der Waals surface area contributed by atoms with Crippen molar-refractivity contribution in [1.29, 1.82) is 0 Å². The molecular formula is C20H31FO3. The first-order chi connectivity index (χ1) is 11.1. The summed E-state index contributed by atoms with van der Waals surface area (Å²) in [6, 6.07) is 3.43. The molecule has 1 aromatic carbocycles. The smallest absolute Gasteiger partial charge is 0.338 e. The minimum Gasteiger partial charge on any atom is -0.507 e. The second kappa shape index (κ2) is 8.00. The Bertz CT molecular complexity index is 539. The van der Waals surface area contributed by atoms with Gasteiger partial charge in [-0.05, 0) is 35.8 Å². The molecule has 0 atom stereocenters. The molecule has 0 saturated heterocycles. The second-order valence-corrected chi connectivity index (χ2v) is 7.57. The van der Waals surface area contributed by atoms with Gasteiger partial charge in [0.1, 0.15) is 5.75 Å². The summed E-state index contributed by atoms with van der Waals surface area (Å²) in [5.74, 6) is -0.209. The Labute approximate surface area is 145 Å². The zero-order valence-corrected chi connectivity index (χ0v) is 15.8. The zero-order chi connectivity index (χ0) is 18.5. The van der Waals surface area contributed by atoms with Crippen LogP contribution in [0.15, 0.2) is 12.1 Å². The van der Waals surface area contributed by atoms with Crippen LogP contribution in [0.5, 0.6) is 5.75 Å². The first-order valence-corrected chi connectivity index (χ1v) is 8.71.